The number of nitriles is 1. The summed E-state index contributed by atoms with van der Waals surface area (Å²) >= 11 is 0. The van der Waals surface area contributed by atoms with Crippen LogP contribution in [0.4, 0.5) is 10.2 Å². The first kappa shape index (κ1) is 6.49. The summed E-state index contributed by atoms with van der Waals surface area (Å²) in [6.45, 7) is 0. The van der Waals surface area contributed by atoms with Gasteiger partial charge in [0.15, 0.2) is 11.6 Å². The highest BCUT2D eigenvalue weighted by atomic mass is 19.1. The lowest BCUT2D eigenvalue weighted by Gasteiger charge is -1.92. The number of nitrogen functional groups attached to an aromatic ring is 1. The third-order valence-corrected chi connectivity index (χ3v) is 0.999. The third kappa shape index (κ3) is 1.03. The van der Waals surface area contributed by atoms with E-state index in [1.807, 2.05) is 0 Å². The van der Waals surface area contributed by atoms with Crippen molar-refractivity contribution < 1.29 is 4.39 Å². The monoisotopic (exact) mass is 137 g/mol. The summed E-state index contributed by atoms with van der Waals surface area (Å²) in [6, 6.07) is 2.78. The van der Waals surface area contributed by atoms with Crippen LogP contribution >= 0.6 is 0 Å². The zero-order valence-corrected chi connectivity index (χ0v) is 5.00. The van der Waals surface area contributed by atoms with Crippen molar-refractivity contribution >= 4 is 5.82 Å². The molecule has 0 unspecified atom stereocenters. The minimum absolute atomic E-state index is 0.173. The van der Waals surface area contributed by atoms with Crippen molar-refractivity contribution in [1.82, 2.24) is 4.98 Å². The summed E-state index contributed by atoms with van der Waals surface area (Å²) in [5.74, 6) is -0.835. The number of rotatable bonds is 0. The molecule has 0 bridgehead atoms. The Morgan fingerprint density at radius 2 is 2.40 bits per heavy atom. The highest BCUT2D eigenvalue weighted by molar-refractivity contribution is 5.36. The van der Waals surface area contributed by atoms with Crippen LogP contribution in [0.1, 0.15) is 5.56 Å². The number of pyridine rings is 1. The van der Waals surface area contributed by atoms with Gasteiger partial charge in [0, 0.05) is 6.20 Å². The Balaban J connectivity index is 3.20. The van der Waals surface area contributed by atoms with Crippen molar-refractivity contribution in [1.29, 1.82) is 5.26 Å². The van der Waals surface area contributed by atoms with E-state index < -0.39 is 5.82 Å². The van der Waals surface area contributed by atoms with Gasteiger partial charge < -0.3 is 5.73 Å². The van der Waals surface area contributed by atoms with Gasteiger partial charge >= 0.3 is 0 Å². The molecule has 2 N–H and O–H groups in total. The molecule has 0 aliphatic carbocycles. The average molecular weight is 137 g/mol. The number of hydrogen-bond acceptors (Lipinski definition) is 3. The van der Waals surface area contributed by atoms with Crippen molar-refractivity contribution in [3.05, 3.63) is 23.6 Å². The zero-order valence-electron chi connectivity index (χ0n) is 5.00. The second-order valence-electron chi connectivity index (χ2n) is 1.70. The molecule has 10 heavy (non-hydrogen) atoms. The van der Waals surface area contributed by atoms with Crippen LogP contribution in [-0.2, 0) is 0 Å². The van der Waals surface area contributed by atoms with Crippen molar-refractivity contribution in [2.24, 2.45) is 0 Å². The number of aromatic nitrogens is 1. The fraction of sp³-hybridized carbons (Fsp3) is 0. The molecule has 0 saturated heterocycles. The molecule has 50 valence electrons. The fourth-order valence-electron chi connectivity index (χ4n) is 0.510. The molecule has 0 fully saturated rings. The van der Waals surface area contributed by atoms with E-state index in [0.717, 1.165) is 6.07 Å². The Kier molecular flexibility index (Phi) is 1.50. The fourth-order valence-corrected chi connectivity index (χ4v) is 0.510. The summed E-state index contributed by atoms with van der Waals surface area (Å²) < 4.78 is 12.4. The molecule has 3 nitrogen and oxygen atoms in total. The summed E-state index contributed by atoms with van der Waals surface area (Å²) in [6.07, 6.45) is 1.22. The normalized spacial score (nSPS) is 8.80. The molecule has 1 rings (SSSR count). The lowest BCUT2D eigenvalue weighted by Crippen LogP contribution is -1.94. The van der Waals surface area contributed by atoms with Gasteiger partial charge in [-0.3, -0.25) is 0 Å². The predicted molar refractivity (Wildman–Crippen MR) is 33.3 cm³/mol. The average Bonchev–Trinajstić information content (AvgIpc) is 1.95. The Bertz CT molecular complexity index is 290. The minimum atomic E-state index is -0.654. The Hall–Kier alpha value is -1.63. The highest BCUT2D eigenvalue weighted by Crippen LogP contribution is 2.06. The lowest BCUT2D eigenvalue weighted by molar-refractivity contribution is 0.626. The van der Waals surface area contributed by atoms with Crippen LogP contribution in [0.15, 0.2) is 12.3 Å². The van der Waals surface area contributed by atoms with Crippen LogP contribution in [0.3, 0.4) is 0 Å². The molecule has 0 spiro atoms. The van der Waals surface area contributed by atoms with Gasteiger partial charge in [0.05, 0.1) is 5.56 Å². The van der Waals surface area contributed by atoms with E-state index in [9.17, 15) is 4.39 Å². The van der Waals surface area contributed by atoms with Crippen LogP contribution in [0, 0.1) is 17.1 Å². The Labute approximate surface area is 56.9 Å². The van der Waals surface area contributed by atoms with E-state index in [0.29, 0.717) is 0 Å². The van der Waals surface area contributed by atoms with Crippen molar-refractivity contribution in [2.45, 2.75) is 0 Å². The molecule has 1 aromatic rings. The maximum atomic E-state index is 12.4. The van der Waals surface area contributed by atoms with Gasteiger partial charge in [0.1, 0.15) is 6.07 Å². The van der Waals surface area contributed by atoms with Gasteiger partial charge in [0.25, 0.3) is 0 Å². The van der Waals surface area contributed by atoms with Crippen LogP contribution in [0.5, 0.6) is 0 Å². The van der Waals surface area contributed by atoms with E-state index in [1.165, 1.54) is 6.20 Å². The van der Waals surface area contributed by atoms with E-state index in [4.69, 9.17) is 11.0 Å². The molecule has 0 amide bonds. The highest BCUT2D eigenvalue weighted by Gasteiger charge is 1.98. The smallest absolute Gasteiger partial charge is 0.166 e. The van der Waals surface area contributed by atoms with E-state index in [-0.39, 0.29) is 11.4 Å². The topological polar surface area (TPSA) is 62.7 Å². The van der Waals surface area contributed by atoms with E-state index in [2.05, 4.69) is 4.98 Å². The van der Waals surface area contributed by atoms with Gasteiger partial charge in [-0.1, -0.05) is 0 Å². The molecule has 0 aliphatic rings. The molecule has 0 aromatic carbocycles. The number of anilines is 1. The van der Waals surface area contributed by atoms with Crippen molar-refractivity contribution in [3.63, 3.8) is 0 Å². The predicted octanol–water partition coefficient (Wildman–Crippen LogP) is 0.675. The van der Waals surface area contributed by atoms with Gasteiger partial charge in [-0.25, -0.2) is 9.37 Å². The van der Waals surface area contributed by atoms with E-state index >= 15 is 0 Å². The second kappa shape index (κ2) is 2.31. The third-order valence-electron chi connectivity index (χ3n) is 0.999. The van der Waals surface area contributed by atoms with Crippen LogP contribution in [0.25, 0.3) is 0 Å². The summed E-state index contributed by atoms with van der Waals surface area (Å²) in [5, 5.41) is 8.26. The Morgan fingerprint density at radius 3 is 2.90 bits per heavy atom. The van der Waals surface area contributed by atoms with Gasteiger partial charge in [-0.15, -0.1) is 0 Å². The summed E-state index contributed by atoms with van der Waals surface area (Å²) in [7, 11) is 0. The standard InChI is InChI=1S/C6H4FN3/c7-5-1-4(2-8)3-10-6(5)9/h1,3H,(H2,9,10). The largest absolute Gasteiger partial charge is 0.381 e. The number of nitrogens with two attached hydrogens (primary N) is 1. The summed E-state index contributed by atoms with van der Waals surface area (Å²) in [5.41, 5.74) is 5.22. The van der Waals surface area contributed by atoms with Crippen molar-refractivity contribution in [2.75, 3.05) is 5.73 Å². The molecule has 0 saturated carbocycles. The molecule has 0 aliphatic heterocycles. The molecule has 4 heteroatoms. The Morgan fingerprint density at radius 1 is 1.70 bits per heavy atom. The van der Waals surface area contributed by atoms with Gasteiger partial charge in [-0.05, 0) is 6.07 Å². The molecular weight excluding hydrogens is 133 g/mol. The molecule has 1 heterocycles. The number of halogens is 1. The zero-order chi connectivity index (χ0) is 7.56. The first-order valence-corrected chi connectivity index (χ1v) is 2.55. The first-order chi connectivity index (χ1) is 4.74. The minimum Gasteiger partial charge on any atom is -0.381 e. The molecule has 1 aromatic heterocycles. The quantitative estimate of drug-likeness (QED) is 0.571. The second-order valence-corrected chi connectivity index (χ2v) is 1.70. The van der Waals surface area contributed by atoms with Crippen LogP contribution in [-0.4, -0.2) is 4.98 Å². The van der Waals surface area contributed by atoms with Crippen molar-refractivity contribution in [3.8, 4) is 6.07 Å². The number of hydrogen-bond donors (Lipinski definition) is 1. The SMILES string of the molecule is N#Cc1cnc(N)c(F)c1. The van der Waals surface area contributed by atoms with Gasteiger partial charge in [-0.2, -0.15) is 5.26 Å². The van der Waals surface area contributed by atoms with Crippen LogP contribution < -0.4 is 5.73 Å². The van der Waals surface area contributed by atoms with Crippen LogP contribution in [0.2, 0.25) is 0 Å². The maximum Gasteiger partial charge on any atom is 0.166 e. The molecule has 0 radical (unpaired) electrons. The summed E-state index contributed by atoms with van der Waals surface area (Å²) in [4.78, 5) is 3.43. The lowest BCUT2D eigenvalue weighted by atomic mass is 10.3. The molecular formula is C6H4FN3. The van der Waals surface area contributed by atoms with Gasteiger partial charge in [0.2, 0.25) is 0 Å². The first-order valence-electron chi connectivity index (χ1n) is 2.55. The van der Waals surface area contributed by atoms with E-state index in [1.54, 1.807) is 6.07 Å². The number of nitrogens with zero attached hydrogens (tertiary/aromatic N) is 2. The maximum absolute atomic E-state index is 12.4. The molecule has 0 atom stereocenters.